The molecule has 1 aromatic heterocycles. The second-order valence-corrected chi connectivity index (χ2v) is 10.5. The molecule has 0 spiro atoms. The van der Waals surface area contributed by atoms with Gasteiger partial charge in [0.1, 0.15) is 5.00 Å². The van der Waals surface area contributed by atoms with Crippen molar-refractivity contribution in [2.24, 2.45) is 10.8 Å². The lowest BCUT2D eigenvalue weighted by atomic mass is 9.65. The average Bonchev–Trinajstić information content (AvgIpc) is 2.90. The van der Waals surface area contributed by atoms with E-state index in [0.29, 0.717) is 34.0 Å². The highest BCUT2D eigenvalue weighted by molar-refractivity contribution is 7.16. The highest BCUT2D eigenvalue weighted by atomic mass is 32.1. The fraction of sp³-hybridized carbons (Fsp3) is 0.700. The number of methoxy groups -OCH3 is 1. The second kappa shape index (κ2) is 6.64. The molecule has 6 heteroatoms. The first kappa shape index (κ1) is 19.4. The van der Waals surface area contributed by atoms with Crippen molar-refractivity contribution in [2.75, 3.05) is 25.5 Å². The number of hydrogen-bond donors (Lipinski definition) is 2. The molecule has 1 saturated heterocycles. The fourth-order valence-corrected chi connectivity index (χ4v) is 6.46. The van der Waals surface area contributed by atoms with E-state index in [0.717, 1.165) is 17.0 Å². The average molecular weight is 380 g/mol. The van der Waals surface area contributed by atoms with Crippen molar-refractivity contribution in [3.63, 3.8) is 0 Å². The Labute approximate surface area is 160 Å². The first-order valence-corrected chi connectivity index (χ1v) is 10.2. The molecular formula is C20H31N2O3S+. The summed E-state index contributed by atoms with van der Waals surface area (Å²) >= 11 is 1.45. The summed E-state index contributed by atoms with van der Waals surface area (Å²) in [5, 5.41) is 3.60. The van der Waals surface area contributed by atoms with Crippen LogP contribution in [0.2, 0.25) is 0 Å². The molecule has 1 aliphatic carbocycles. The standard InChI is InChI=1S/C20H30N2O3S/c1-12-13(2)26-17(16(12)18(24)25-6)21-15(23)9-22-11-20(5)8-14(22)7-19(3,4)10-20/h14H,7-11H2,1-6H3,(H,21,23)/p+1/t14-,20+/m1/s1. The number of quaternary nitrogens is 1. The molecule has 1 aliphatic heterocycles. The van der Waals surface area contributed by atoms with E-state index in [1.165, 1.54) is 42.6 Å². The van der Waals surface area contributed by atoms with Gasteiger partial charge in [-0.3, -0.25) is 4.79 Å². The highest BCUT2D eigenvalue weighted by Crippen LogP contribution is 2.47. The Kier molecular flexibility index (Phi) is 4.95. The second-order valence-electron chi connectivity index (χ2n) is 9.30. The van der Waals surface area contributed by atoms with E-state index in [1.54, 1.807) is 0 Å². The molecular weight excluding hydrogens is 348 g/mol. The molecule has 0 radical (unpaired) electrons. The first-order chi connectivity index (χ1) is 12.0. The number of carbonyl (C=O) groups is 2. The van der Waals surface area contributed by atoms with Gasteiger partial charge in [0.15, 0.2) is 6.54 Å². The topological polar surface area (TPSA) is 59.8 Å². The Morgan fingerprint density at radius 1 is 1.27 bits per heavy atom. The van der Waals surface area contributed by atoms with Crippen LogP contribution in [-0.4, -0.2) is 38.1 Å². The van der Waals surface area contributed by atoms with Gasteiger partial charge in [0.25, 0.3) is 5.91 Å². The number of thiophene rings is 1. The smallest absolute Gasteiger partial charge is 0.341 e. The van der Waals surface area contributed by atoms with Gasteiger partial charge in [-0.2, -0.15) is 0 Å². The van der Waals surface area contributed by atoms with Crippen LogP contribution in [0, 0.1) is 24.7 Å². The van der Waals surface area contributed by atoms with E-state index in [1.807, 2.05) is 13.8 Å². The molecule has 2 bridgehead atoms. The Hall–Kier alpha value is -1.40. The molecule has 1 saturated carbocycles. The third-order valence-electron chi connectivity index (χ3n) is 6.09. The van der Waals surface area contributed by atoms with Crippen LogP contribution in [0.15, 0.2) is 0 Å². The first-order valence-electron chi connectivity index (χ1n) is 9.36. The maximum atomic E-state index is 12.7. The fourth-order valence-electron chi connectivity index (χ4n) is 5.40. The number of rotatable bonds is 4. The van der Waals surface area contributed by atoms with Crippen molar-refractivity contribution in [3.8, 4) is 0 Å². The van der Waals surface area contributed by atoms with E-state index in [2.05, 4.69) is 26.1 Å². The van der Waals surface area contributed by atoms with Crippen molar-refractivity contribution < 1.29 is 19.2 Å². The van der Waals surface area contributed by atoms with Gasteiger partial charge in [-0.15, -0.1) is 11.3 Å². The predicted octanol–water partition coefficient (Wildman–Crippen LogP) is 2.57. The molecule has 26 heavy (non-hydrogen) atoms. The molecule has 3 atom stereocenters. The van der Waals surface area contributed by atoms with Gasteiger partial charge >= 0.3 is 5.97 Å². The van der Waals surface area contributed by atoms with E-state index in [4.69, 9.17) is 4.74 Å². The van der Waals surface area contributed by atoms with Gasteiger partial charge in [-0.1, -0.05) is 20.8 Å². The number of aryl methyl sites for hydroxylation is 1. The summed E-state index contributed by atoms with van der Waals surface area (Å²) in [5.41, 5.74) is 2.08. The molecule has 1 amide bonds. The largest absolute Gasteiger partial charge is 0.465 e. The number of amides is 1. The lowest BCUT2D eigenvalue weighted by molar-refractivity contribution is -0.906. The Balaban J connectivity index is 1.71. The Bertz CT molecular complexity index is 740. The van der Waals surface area contributed by atoms with Crippen molar-refractivity contribution in [1.29, 1.82) is 0 Å². The third-order valence-corrected chi connectivity index (χ3v) is 7.21. The molecule has 3 rings (SSSR count). The number of anilines is 1. The third kappa shape index (κ3) is 3.67. The molecule has 2 fully saturated rings. The number of hydrogen-bond acceptors (Lipinski definition) is 4. The number of nitrogens with one attached hydrogen (secondary N) is 2. The normalized spacial score (nSPS) is 29.5. The number of carbonyl (C=O) groups excluding carboxylic acids is 2. The molecule has 1 unspecified atom stereocenters. The summed E-state index contributed by atoms with van der Waals surface area (Å²) < 4.78 is 4.89. The van der Waals surface area contributed by atoms with Gasteiger partial charge in [0.05, 0.1) is 25.3 Å². The van der Waals surface area contributed by atoms with E-state index < -0.39 is 0 Å². The maximum Gasteiger partial charge on any atom is 0.341 e. The Morgan fingerprint density at radius 2 is 1.96 bits per heavy atom. The van der Waals surface area contributed by atoms with Gasteiger partial charge < -0.3 is 15.0 Å². The van der Waals surface area contributed by atoms with Crippen LogP contribution < -0.4 is 10.2 Å². The van der Waals surface area contributed by atoms with Crippen molar-refractivity contribution >= 4 is 28.2 Å². The van der Waals surface area contributed by atoms with Crippen LogP contribution in [-0.2, 0) is 9.53 Å². The highest BCUT2D eigenvalue weighted by Gasteiger charge is 2.53. The monoisotopic (exact) mass is 379 g/mol. The molecule has 5 nitrogen and oxygen atoms in total. The van der Waals surface area contributed by atoms with Gasteiger partial charge in [-0.25, -0.2) is 4.79 Å². The van der Waals surface area contributed by atoms with Crippen LogP contribution in [0.1, 0.15) is 60.8 Å². The van der Waals surface area contributed by atoms with Crippen molar-refractivity contribution in [2.45, 2.75) is 59.9 Å². The zero-order valence-corrected chi connectivity index (χ0v) is 17.6. The van der Waals surface area contributed by atoms with Crippen molar-refractivity contribution in [1.82, 2.24) is 0 Å². The van der Waals surface area contributed by atoms with Crippen LogP contribution >= 0.6 is 11.3 Å². The van der Waals surface area contributed by atoms with Gasteiger partial charge in [0.2, 0.25) is 0 Å². The molecule has 2 N–H and O–H groups in total. The zero-order valence-electron chi connectivity index (χ0n) is 16.7. The molecule has 2 heterocycles. The SMILES string of the molecule is COC(=O)c1c(NC(=O)C[NH+]2C[C@@]3(C)C[C@H]2CC(C)(C)C3)sc(C)c1C. The van der Waals surface area contributed by atoms with Gasteiger partial charge in [-0.05, 0) is 31.2 Å². The predicted molar refractivity (Wildman–Crippen MR) is 104 cm³/mol. The summed E-state index contributed by atoms with van der Waals surface area (Å²) in [6.45, 7) is 12.4. The van der Waals surface area contributed by atoms with Crippen LogP contribution in [0.3, 0.4) is 0 Å². The van der Waals surface area contributed by atoms with Crippen LogP contribution in [0.5, 0.6) is 0 Å². The van der Waals surface area contributed by atoms with E-state index in [9.17, 15) is 9.59 Å². The summed E-state index contributed by atoms with van der Waals surface area (Å²) in [6, 6.07) is 0.557. The molecule has 1 aromatic rings. The molecule has 144 valence electrons. The minimum atomic E-state index is -0.388. The summed E-state index contributed by atoms with van der Waals surface area (Å²) in [7, 11) is 1.37. The summed E-state index contributed by atoms with van der Waals surface area (Å²) in [5.74, 6) is -0.402. The maximum absolute atomic E-state index is 12.7. The minimum Gasteiger partial charge on any atom is -0.465 e. The number of ether oxygens (including phenoxy) is 1. The molecule has 0 aromatic carbocycles. The van der Waals surface area contributed by atoms with E-state index >= 15 is 0 Å². The Morgan fingerprint density at radius 3 is 2.62 bits per heavy atom. The van der Waals surface area contributed by atoms with Crippen molar-refractivity contribution in [3.05, 3.63) is 16.0 Å². The number of likely N-dealkylation sites (tertiary alicyclic amines) is 1. The summed E-state index contributed by atoms with van der Waals surface area (Å²) in [6.07, 6.45) is 3.62. The zero-order chi connectivity index (χ0) is 19.3. The van der Waals surface area contributed by atoms with Crippen LogP contribution in [0.4, 0.5) is 5.00 Å². The van der Waals surface area contributed by atoms with Crippen LogP contribution in [0.25, 0.3) is 0 Å². The summed E-state index contributed by atoms with van der Waals surface area (Å²) in [4.78, 5) is 27.2. The van der Waals surface area contributed by atoms with Gasteiger partial charge in [0, 0.05) is 23.1 Å². The molecule has 2 aliphatic rings. The number of fused-ring (bicyclic) bond motifs is 2. The van der Waals surface area contributed by atoms with E-state index in [-0.39, 0.29) is 11.9 Å². The quantitative estimate of drug-likeness (QED) is 0.791. The minimum absolute atomic E-state index is 0.0136. The lowest BCUT2D eigenvalue weighted by Gasteiger charge is -2.37. The number of esters is 1. The lowest BCUT2D eigenvalue weighted by Crippen LogP contribution is -3.15.